The van der Waals surface area contributed by atoms with Gasteiger partial charge in [0.05, 0.1) is 11.1 Å². The van der Waals surface area contributed by atoms with Crippen LogP contribution in [0.1, 0.15) is 22.3 Å². The summed E-state index contributed by atoms with van der Waals surface area (Å²) < 4.78 is 9.12. The van der Waals surface area contributed by atoms with Crippen LogP contribution in [0.4, 0.5) is 17.1 Å². The number of nitrogens with zero attached hydrogens (tertiary/aromatic N) is 1. The van der Waals surface area contributed by atoms with Crippen molar-refractivity contribution in [3.63, 3.8) is 0 Å². The zero-order valence-electron chi connectivity index (χ0n) is 31.5. The zero-order valence-corrected chi connectivity index (χ0v) is 32.3. The Kier molecular flexibility index (Phi) is 7.35. The second-order valence-corrected chi connectivity index (χ2v) is 16.2. The first kappa shape index (κ1) is 33.0. The molecular weight excluding hydrogens is 723 g/mol. The van der Waals surface area contributed by atoms with Gasteiger partial charge >= 0.3 is 0 Å². The molecule has 0 spiro atoms. The minimum absolute atomic E-state index is 0.484. The Morgan fingerprint density at radius 1 is 0.414 bits per heavy atom. The molecule has 2 nitrogen and oxygen atoms in total. The molecule has 0 saturated heterocycles. The zero-order chi connectivity index (χ0) is 38.2. The molecule has 272 valence electrons. The van der Waals surface area contributed by atoms with Crippen LogP contribution in [0, 0.1) is 0 Å². The molecule has 1 aliphatic rings. The third-order valence-corrected chi connectivity index (χ3v) is 13.4. The maximum atomic E-state index is 6.55. The van der Waals surface area contributed by atoms with E-state index in [0.717, 1.165) is 39.2 Å². The minimum Gasteiger partial charge on any atom is -0.456 e. The summed E-state index contributed by atoms with van der Waals surface area (Å²) in [6.07, 6.45) is 0. The Bertz CT molecular complexity index is 3290. The second-order valence-electron chi connectivity index (χ2n) is 15.1. The predicted molar refractivity (Wildman–Crippen MR) is 244 cm³/mol. The van der Waals surface area contributed by atoms with Crippen molar-refractivity contribution in [2.45, 2.75) is 5.41 Å². The standard InChI is InChI=1S/C55H35NOS/c1-4-16-37(17-5-1)55(38-18-6-2-7-19-38)45-25-12-10-23-44(45)51-46(55)26-15-27-47(51)56(39-20-8-3-9-21-39)40-32-30-36(31-33-40)41-24-14-28-48-52(41)53-49(57-48)35-34-43-42-22-11-13-29-50(42)58-54(43)53/h1-35H. The van der Waals surface area contributed by atoms with Gasteiger partial charge in [-0.3, -0.25) is 0 Å². The molecule has 11 aromatic rings. The first-order valence-electron chi connectivity index (χ1n) is 19.8. The molecule has 1 aliphatic carbocycles. The van der Waals surface area contributed by atoms with Gasteiger partial charge in [0.25, 0.3) is 0 Å². The first-order chi connectivity index (χ1) is 28.8. The van der Waals surface area contributed by atoms with Crippen molar-refractivity contribution in [3.8, 4) is 22.3 Å². The lowest BCUT2D eigenvalue weighted by Gasteiger charge is -2.34. The van der Waals surface area contributed by atoms with Gasteiger partial charge in [-0.2, -0.15) is 0 Å². The molecule has 2 aromatic heterocycles. The van der Waals surface area contributed by atoms with Gasteiger partial charge in [0.15, 0.2) is 0 Å². The molecule has 0 N–H and O–H groups in total. The van der Waals surface area contributed by atoms with E-state index in [1.807, 2.05) is 11.3 Å². The number of benzene rings is 9. The molecule has 0 radical (unpaired) electrons. The average molecular weight is 758 g/mol. The van der Waals surface area contributed by atoms with Gasteiger partial charge in [-0.1, -0.05) is 158 Å². The van der Waals surface area contributed by atoms with Crippen LogP contribution in [-0.2, 0) is 5.41 Å². The summed E-state index contributed by atoms with van der Waals surface area (Å²) in [6, 6.07) is 77.3. The van der Waals surface area contributed by atoms with E-state index in [9.17, 15) is 0 Å². The van der Waals surface area contributed by atoms with Crippen molar-refractivity contribution >= 4 is 70.5 Å². The first-order valence-corrected chi connectivity index (χ1v) is 20.7. The average Bonchev–Trinajstić information content (AvgIpc) is 3.97. The Balaban J connectivity index is 1.06. The van der Waals surface area contributed by atoms with Gasteiger partial charge in [-0.25, -0.2) is 0 Å². The topological polar surface area (TPSA) is 16.4 Å². The van der Waals surface area contributed by atoms with Crippen LogP contribution in [0.5, 0.6) is 0 Å². The Labute approximate surface area is 340 Å². The molecule has 0 atom stereocenters. The van der Waals surface area contributed by atoms with Crippen LogP contribution in [0.2, 0.25) is 0 Å². The molecule has 2 heterocycles. The van der Waals surface area contributed by atoms with Crippen molar-refractivity contribution in [1.82, 2.24) is 0 Å². The van der Waals surface area contributed by atoms with E-state index < -0.39 is 5.41 Å². The highest BCUT2D eigenvalue weighted by molar-refractivity contribution is 7.26. The van der Waals surface area contributed by atoms with Crippen LogP contribution in [0.3, 0.4) is 0 Å². The lowest BCUT2D eigenvalue weighted by atomic mass is 9.68. The van der Waals surface area contributed by atoms with Gasteiger partial charge in [0, 0.05) is 47.9 Å². The quantitative estimate of drug-likeness (QED) is 0.168. The van der Waals surface area contributed by atoms with Crippen molar-refractivity contribution < 1.29 is 4.42 Å². The van der Waals surface area contributed by atoms with Crippen LogP contribution in [0.15, 0.2) is 217 Å². The molecule has 0 bridgehead atoms. The second kappa shape index (κ2) is 12.9. The van der Waals surface area contributed by atoms with Crippen LogP contribution in [-0.4, -0.2) is 0 Å². The van der Waals surface area contributed by atoms with Crippen LogP contribution in [0.25, 0.3) is 64.4 Å². The summed E-state index contributed by atoms with van der Waals surface area (Å²) >= 11 is 1.85. The number of furan rings is 1. The van der Waals surface area contributed by atoms with E-state index in [1.54, 1.807) is 0 Å². The number of fused-ring (bicyclic) bond motifs is 10. The largest absolute Gasteiger partial charge is 0.456 e. The highest BCUT2D eigenvalue weighted by Crippen LogP contribution is 2.59. The molecular formula is C55H35NOS. The van der Waals surface area contributed by atoms with E-state index in [0.29, 0.717) is 0 Å². The molecule has 0 saturated carbocycles. The summed E-state index contributed by atoms with van der Waals surface area (Å²) in [5.74, 6) is 0. The molecule has 0 fully saturated rings. The molecule has 0 aliphatic heterocycles. The van der Waals surface area contributed by atoms with E-state index >= 15 is 0 Å². The smallest absolute Gasteiger partial charge is 0.136 e. The fourth-order valence-electron chi connectivity index (χ4n) is 9.78. The number of rotatable bonds is 6. The molecule has 3 heteroatoms. The fourth-order valence-corrected chi connectivity index (χ4v) is 11.0. The maximum Gasteiger partial charge on any atom is 0.136 e. The van der Waals surface area contributed by atoms with Gasteiger partial charge < -0.3 is 9.32 Å². The summed E-state index contributed by atoms with van der Waals surface area (Å²) in [5.41, 5.74) is 14.6. The highest BCUT2D eigenvalue weighted by Gasteiger charge is 2.47. The number of anilines is 3. The van der Waals surface area contributed by atoms with Crippen LogP contribution < -0.4 is 4.90 Å². The normalized spacial score (nSPS) is 13.0. The molecule has 9 aromatic carbocycles. The summed E-state index contributed by atoms with van der Waals surface area (Å²) in [5, 5.41) is 4.93. The molecule has 0 amide bonds. The van der Waals surface area contributed by atoms with Gasteiger partial charge in [-0.15, -0.1) is 11.3 Å². The summed E-state index contributed by atoms with van der Waals surface area (Å²) in [6.45, 7) is 0. The SMILES string of the molecule is c1ccc(N(c2ccc(-c3cccc4oc5ccc6c7ccccc7sc6c5c34)cc2)c2cccc3c2-c2ccccc2C3(c2ccccc2)c2ccccc2)cc1. The number of para-hydroxylation sites is 1. The van der Waals surface area contributed by atoms with Crippen molar-refractivity contribution in [1.29, 1.82) is 0 Å². The molecule has 12 rings (SSSR count). The number of hydrogen-bond acceptors (Lipinski definition) is 3. The van der Waals surface area contributed by atoms with E-state index in [2.05, 4.69) is 217 Å². The van der Waals surface area contributed by atoms with Crippen molar-refractivity contribution in [2.24, 2.45) is 0 Å². The van der Waals surface area contributed by atoms with E-state index in [4.69, 9.17) is 4.42 Å². The van der Waals surface area contributed by atoms with E-state index in [-0.39, 0.29) is 0 Å². The third-order valence-electron chi connectivity index (χ3n) is 12.2. The van der Waals surface area contributed by atoms with E-state index in [1.165, 1.54) is 64.5 Å². The Hall–Kier alpha value is -7.20. The van der Waals surface area contributed by atoms with Crippen LogP contribution >= 0.6 is 11.3 Å². The Morgan fingerprint density at radius 3 is 1.79 bits per heavy atom. The maximum absolute atomic E-state index is 6.55. The number of thiophene rings is 1. The van der Waals surface area contributed by atoms with Crippen molar-refractivity contribution in [2.75, 3.05) is 4.90 Å². The lowest BCUT2D eigenvalue weighted by molar-refractivity contribution is 0.669. The summed E-state index contributed by atoms with van der Waals surface area (Å²) in [7, 11) is 0. The van der Waals surface area contributed by atoms with Gasteiger partial charge in [-0.05, 0) is 93.5 Å². The number of hydrogen-bond donors (Lipinski definition) is 0. The predicted octanol–water partition coefficient (Wildman–Crippen LogP) is 15.5. The van der Waals surface area contributed by atoms with Crippen molar-refractivity contribution in [3.05, 3.63) is 235 Å². The molecule has 58 heavy (non-hydrogen) atoms. The molecule has 0 unspecified atom stereocenters. The highest BCUT2D eigenvalue weighted by atomic mass is 32.1. The summed E-state index contributed by atoms with van der Waals surface area (Å²) in [4.78, 5) is 2.43. The fraction of sp³-hybridized carbons (Fsp3) is 0.0182. The van der Waals surface area contributed by atoms with Gasteiger partial charge in [0.2, 0.25) is 0 Å². The lowest BCUT2D eigenvalue weighted by Crippen LogP contribution is -2.28. The minimum atomic E-state index is -0.484. The third kappa shape index (κ3) is 4.71. The Morgan fingerprint density at radius 2 is 1.02 bits per heavy atom. The monoisotopic (exact) mass is 757 g/mol. The van der Waals surface area contributed by atoms with Gasteiger partial charge in [0.1, 0.15) is 11.2 Å².